The molecule has 0 bridgehead atoms. The Bertz CT molecular complexity index is 802. The largest absolute Gasteiger partial charge is 0.480 e. The molecule has 0 saturated carbocycles. The van der Waals surface area contributed by atoms with E-state index in [1.807, 2.05) is 24.3 Å². The second-order valence-corrected chi connectivity index (χ2v) is 6.30. The Balaban J connectivity index is 1.69. The van der Waals surface area contributed by atoms with Gasteiger partial charge in [-0.25, -0.2) is 4.79 Å². The zero-order chi connectivity index (χ0) is 18.5. The molecule has 138 valence electrons. The Kier molecular flexibility index (Phi) is 5.70. The maximum Gasteiger partial charge on any atom is 0.328 e. The van der Waals surface area contributed by atoms with Gasteiger partial charge in [-0.3, -0.25) is 4.79 Å². The Hall–Kier alpha value is -2.64. The number of carboxylic acids is 1. The van der Waals surface area contributed by atoms with E-state index in [0.29, 0.717) is 18.9 Å². The van der Waals surface area contributed by atoms with Crippen LogP contribution in [-0.4, -0.2) is 48.9 Å². The minimum atomic E-state index is -1.15. The van der Waals surface area contributed by atoms with Crippen LogP contribution in [0, 0.1) is 0 Å². The van der Waals surface area contributed by atoms with Crippen LogP contribution in [0.4, 0.5) is 5.69 Å². The van der Waals surface area contributed by atoms with Gasteiger partial charge in [0.15, 0.2) is 6.04 Å². The monoisotopic (exact) mass is 358 g/mol. The lowest BCUT2D eigenvalue weighted by atomic mass is 10.0. The summed E-state index contributed by atoms with van der Waals surface area (Å²) in [7, 11) is 0. The highest BCUT2D eigenvalue weighted by Crippen LogP contribution is 2.22. The highest BCUT2D eigenvalue weighted by atomic mass is 16.5. The van der Waals surface area contributed by atoms with E-state index in [1.165, 1.54) is 0 Å². The summed E-state index contributed by atoms with van der Waals surface area (Å²) < 4.78 is 10.9. The molecule has 0 aromatic heterocycles. The first-order valence-electron chi connectivity index (χ1n) is 8.56. The lowest BCUT2D eigenvalue weighted by Crippen LogP contribution is -2.45. The third-order valence-corrected chi connectivity index (χ3v) is 4.43. The van der Waals surface area contributed by atoms with Gasteiger partial charge < -0.3 is 25.6 Å². The molecule has 7 nitrogen and oxygen atoms in total. The second-order valence-electron chi connectivity index (χ2n) is 6.30. The number of carbonyl (C=O) groups is 2. The number of carbonyl (C=O) groups excluding carboxylic acids is 1. The molecule has 7 heteroatoms. The molecule has 1 amide bonds. The van der Waals surface area contributed by atoms with E-state index >= 15 is 0 Å². The fourth-order valence-electron chi connectivity index (χ4n) is 2.94. The molecule has 2 aromatic rings. The number of benzene rings is 2. The van der Waals surface area contributed by atoms with Gasteiger partial charge in [0.2, 0.25) is 0 Å². The normalized spacial score (nSPS) is 16.3. The number of ether oxygens (including phenoxy) is 2. The Morgan fingerprint density at radius 3 is 2.54 bits per heavy atom. The lowest BCUT2D eigenvalue weighted by Gasteiger charge is -2.24. The highest BCUT2D eigenvalue weighted by molar-refractivity contribution is 6.05. The molecule has 3 rings (SSSR count). The molecule has 4 N–H and O–H groups in total. The maximum atomic E-state index is 12.5. The third-order valence-electron chi connectivity index (χ3n) is 4.43. The van der Waals surface area contributed by atoms with Crippen LogP contribution < -0.4 is 11.1 Å². The maximum absolute atomic E-state index is 12.5. The van der Waals surface area contributed by atoms with Gasteiger partial charge in [0.05, 0.1) is 18.3 Å². The number of amides is 1. The van der Waals surface area contributed by atoms with Crippen LogP contribution in [0.15, 0.2) is 36.4 Å². The number of hydrogen-bond donors (Lipinski definition) is 3. The van der Waals surface area contributed by atoms with Crippen LogP contribution in [0.2, 0.25) is 0 Å². The summed E-state index contributed by atoms with van der Waals surface area (Å²) >= 11 is 0. The summed E-state index contributed by atoms with van der Waals surface area (Å²) in [4.78, 5) is 24.0. The van der Waals surface area contributed by atoms with E-state index in [2.05, 4.69) is 5.32 Å². The quantitative estimate of drug-likeness (QED) is 0.679. The lowest BCUT2D eigenvalue weighted by molar-refractivity contribution is -0.142. The van der Waals surface area contributed by atoms with Gasteiger partial charge in [-0.15, -0.1) is 0 Å². The predicted octanol–water partition coefficient (Wildman–Crippen LogP) is 1.80. The minimum absolute atomic E-state index is 0.0479. The van der Waals surface area contributed by atoms with Crippen molar-refractivity contribution in [3.05, 3.63) is 42.0 Å². The average Bonchev–Trinajstić information content (AvgIpc) is 2.65. The summed E-state index contributed by atoms with van der Waals surface area (Å²) in [5.41, 5.74) is 6.53. The fourth-order valence-corrected chi connectivity index (χ4v) is 2.94. The van der Waals surface area contributed by atoms with Gasteiger partial charge in [0.25, 0.3) is 5.91 Å². The number of aliphatic carboxylic acids is 1. The average molecular weight is 358 g/mol. The van der Waals surface area contributed by atoms with E-state index in [-0.39, 0.29) is 18.3 Å². The number of nitrogens with one attached hydrogen (secondary N) is 1. The van der Waals surface area contributed by atoms with E-state index in [1.54, 1.807) is 12.1 Å². The van der Waals surface area contributed by atoms with Crippen LogP contribution in [0.5, 0.6) is 0 Å². The minimum Gasteiger partial charge on any atom is -0.480 e. The molecular weight excluding hydrogens is 336 g/mol. The molecule has 0 aliphatic carbocycles. The van der Waals surface area contributed by atoms with Crippen LogP contribution in [0.3, 0.4) is 0 Å². The van der Waals surface area contributed by atoms with Gasteiger partial charge in [-0.2, -0.15) is 0 Å². The molecule has 1 fully saturated rings. The number of hydrogen-bond acceptors (Lipinski definition) is 5. The molecule has 1 saturated heterocycles. The molecule has 1 aliphatic rings. The van der Waals surface area contributed by atoms with Crippen molar-refractivity contribution < 1.29 is 24.2 Å². The van der Waals surface area contributed by atoms with Gasteiger partial charge >= 0.3 is 5.97 Å². The van der Waals surface area contributed by atoms with Crippen molar-refractivity contribution in [2.75, 3.05) is 25.6 Å². The number of nitrogen functional groups attached to an aromatic ring is 1. The molecule has 0 spiro atoms. The Morgan fingerprint density at radius 2 is 1.88 bits per heavy atom. The molecule has 1 heterocycles. The first-order chi connectivity index (χ1) is 12.5. The van der Waals surface area contributed by atoms with Gasteiger partial charge in [-0.1, -0.05) is 24.3 Å². The Labute approximate surface area is 151 Å². The molecule has 1 atom stereocenters. The van der Waals surface area contributed by atoms with Crippen LogP contribution >= 0.6 is 0 Å². The molecule has 1 aliphatic heterocycles. The van der Waals surface area contributed by atoms with Crippen LogP contribution in [0.1, 0.15) is 23.2 Å². The first kappa shape index (κ1) is 18.2. The van der Waals surface area contributed by atoms with Crippen molar-refractivity contribution in [3.8, 4) is 0 Å². The van der Waals surface area contributed by atoms with E-state index in [0.717, 1.165) is 23.6 Å². The molecular formula is C19H22N2O5. The smallest absolute Gasteiger partial charge is 0.328 e. The highest BCUT2D eigenvalue weighted by Gasteiger charge is 2.24. The number of fused-ring (bicyclic) bond motifs is 1. The number of carboxylic acid groups (broad SMARTS) is 1. The number of nitrogens with two attached hydrogens (primary N) is 1. The summed E-state index contributed by atoms with van der Waals surface area (Å²) in [6.07, 6.45) is 1.39. The van der Waals surface area contributed by atoms with Crippen molar-refractivity contribution >= 4 is 28.3 Å². The van der Waals surface area contributed by atoms with Gasteiger partial charge in [0, 0.05) is 18.9 Å². The zero-order valence-electron chi connectivity index (χ0n) is 14.3. The van der Waals surface area contributed by atoms with Crippen molar-refractivity contribution in [2.24, 2.45) is 0 Å². The summed E-state index contributed by atoms with van der Waals surface area (Å²) in [6.45, 7) is 1.10. The van der Waals surface area contributed by atoms with Crippen LogP contribution in [0.25, 0.3) is 10.8 Å². The summed E-state index contributed by atoms with van der Waals surface area (Å²) in [5.74, 6) is -1.68. The Morgan fingerprint density at radius 1 is 1.23 bits per heavy atom. The van der Waals surface area contributed by atoms with E-state index in [4.69, 9.17) is 15.2 Å². The fraction of sp³-hybridized carbons (Fsp3) is 0.368. The summed E-state index contributed by atoms with van der Waals surface area (Å²) in [5, 5.41) is 13.7. The first-order valence-corrected chi connectivity index (χ1v) is 8.56. The van der Waals surface area contributed by atoms with Crippen LogP contribution in [-0.2, 0) is 14.3 Å². The topological polar surface area (TPSA) is 111 Å². The van der Waals surface area contributed by atoms with Gasteiger partial charge in [-0.05, 0) is 35.7 Å². The molecule has 0 unspecified atom stereocenters. The van der Waals surface area contributed by atoms with Crippen molar-refractivity contribution in [1.82, 2.24) is 5.32 Å². The van der Waals surface area contributed by atoms with Crippen molar-refractivity contribution in [3.63, 3.8) is 0 Å². The summed E-state index contributed by atoms with van der Waals surface area (Å²) in [6, 6.07) is 9.74. The number of anilines is 1. The SMILES string of the molecule is Nc1cc2ccccc2cc1C(=O)N[C@@H](COC1CCOCC1)C(=O)O. The van der Waals surface area contributed by atoms with Crippen molar-refractivity contribution in [1.29, 1.82) is 0 Å². The van der Waals surface area contributed by atoms with E-state index < -0.39 is 17.9 Å². The second kappa shape index (κ2) is 8.16. The zero-order valence-corrected chi connectivity index (χ0v) is 14.3. The predicted molar refractivity (Wildman–Crippen MR) is 97.0 cm³/mol. The molecule has 2 aromatic carbocycles. The third kappa shape index (κ3) is 4.30. The van der Waals surface area contributed by atoms with E-state index in [9.17, 15) is 14.7 Å². The standard InChI is InChI=1S/C19H22N2O5/c20-16-10-13-4-2-1-3-12(13)9-15(16)18(22)21-17(19(23)24)11-26-14-5-7-25-8-6-14/h1-4,9-10,14,17H,5-8,11,20H2,(H,21,22)(H,23,24)/t17-/m0/s1. The van der Waals surface area contributed by atoms with Gasteiger partial charge in [0.1, 0.15) is 0 Å². The molecule has 0 radical (unpaired) electrons. The molecule has 26 heavy (non-hydrogen) atoms. The van der Waals surface area contributed by atoms with Crippen molar-refractivity contribution in [2.45, 2.75) is 25.0 Å². The number of rotatable bonds is 6.